The SMILES string of the molecule is CC(C)(C)C1CN(C(=O)O)CC(CCC(=O)Cl)([N+](=O)[O-])C1. The van der Waals surface area contributed by atoms with Gasteiger partial charge in [-0.15, -0.1) is 0 Å². The summed E-state index contributed by atoms with van der Waals surface area (Å²) in [6.45, 7) is 5.86. The van der Waals surface area contributed by atoms with Crippen molar-refractivity contribution in [3.05, 3.63) is 10.1 Å². The van der Waals surface area contributed by atoms with Gasteiger partial charge in [0.05, 0.1) is 6.54 Å². The van der Waals surface area contributed by atoms with Crippen LogP contribution >= 0.6 is 11.6 Å². The van der Waals surface area contributed by atoms with E-state index in [0.29, 0.717) is 0 Å². The Morgan fingerprint density at radius 3 is 2.43 bits per heavy atom. The van der Waals surface area contributed by atoms with Crippen LogP contribution in [-0.4, -0.2) is 44.9 Å². The molecule has 1 heterocycles. The van der Waals surface area contributed by atoms with Gasteiger partial charge in [0.1, 0.15) is 0 Å². The van der Waals surface area contributed by atoms with Gasteiger partial charge in [-0.3, -0.25) is 14.9 Å². The van der Waals surface area contributed by atoms with E-state index in [-0.39, 0.29) is 43.7 Å². The number of hydrogen-bond donors (Lipinski definition) is 1. The van der Waals surface area contributed by atoms with Gasteiger partial charge in [0.2, 0.25) is 10.8 Å². The van der Waals surface area contributed by atoms with Gasteiger partial charge in [-0.1, -0.05) is 20.8 Å². The highest BCUT2D eigenvalue weighted by molar-refractivity contribution is 6.63. The Kier molecular flexibility index (Phi) is 5.20. The Morgan fingerprint density at radius 2 is 2.05 bits per heavy atom. The van der Waals surface area contributed by atoms with E-state index in [1.54, 1.807) is 0 Å². The summed E-state index contributed by atoms with van der Waals surface area (Å²) in [7, 11) is 0. The Bertz CT molecular complexity index is 448. The van der Waals surface area contributed by atoms with Gasteiger partial charge >= 0.3 is 6.09 Å². The maximum atomic E-state index is 11.6. The average molecular weight is 321 g/mol. The summed E-state index contributed by atoms with van der Waals surface area (Å²) in [5.41, 5.74) is -1.71. The lowest BCUT2D eigenvalue weighted by atomic mass is 9.69. The van der Waals surface area contributed by atoms with Crippen LogP contribution in [0.5, 0.6) is 0 Å². The van der Waals surface area contributed by atoms with Crippen LogP contribution in [-0.2, 0) is 4.79 Å². The minimum Gasteiger partial charge on any atom is -0.465 e. The molecule has 1 rings (SSSR count). The molecule has 21 heavy (non-hydrogen) atoms. The van der Waals surface area contributed by atoms with Gasteiger partial charge in [0.25, 0.3) is 0 Å². The van der Waals surface area contributed by atoms with E-state index in [4.69, 9.17) is 11.6 Å². The zero-order chi connectivity index (χ0) is 16.4. The van der Waals surface area contributed by atoms with Gasteiger partial charge in [-0.2, -0.15) is 0 Å². The Hall–Kier alpha value is -1.37. The molecule has 7 nitrogen and oxygen atoms in total. The van der Waals surface area contributed by atoms with Crippen molar-refractivity contribution in [2.24, 2.45) is 11.3 Å². The van der Waals surface area contributed by atoms with Gasteiger partial charge in [0.15, 0.2) is 0 Å². The molecule has 8 heteroatoms. The van der Waals surface area contributed by atoms with E-state index in [9.17, 15) is 24.8 Å². The molecule has 0 spiro atoms. The van der Waals surface area contributed by atoms with Gasteiger partial charge in [0, 0.05) is 30.7 Å². The standard InChI is InChI=1S/C13H21ClN2O5/c1-12(2,3)9-6-13(16(20)21,5-4-10(14)17)8-15(7-9)11(18)19/h9H,4-8H2,1-3H3,(H,18,19). The van der Waals surface area contributed by atoms with Crippen molar-refractivity contribution >= 4 is 22.9 Å². The molecule has 0 aromatic heterocycles. The number of carbonyl (C=O) groups excluding carboxylic acids is 1. The number of likely N-dealkylation sites (tertiary alicyclic amines) is 1. The van der Waals surface area contributed by atoms with Crippen LogP contribution < -0.4 is 0 Å². The van der Waals surface area contributed by atoms with E-state index >= 15 is 0 Å². The zero-order valence-corrected chi connectivity index (χ0v) is 13.2. The lowest BCUT2D eigenvalue weighted by Crippen LogP contribution is -2.59. The molecule has 1 saturated heterocycles. The Morgan fingerprint density at radius 1 is 1.48 bits per heavy atom. The molecule has 1 aliphatic rings. The fraction of sp³-hybridized carbons (Fsp3) is 0.846. The van der Waals surface area contributed by atoms with E-state index in [1.807, 2.05) is 20.8 Å². The molecule has 1 fully saturated rings. The number of rotatable bonds is 4. The highest BCUT2D eigenvalue weighted by Gasteiger charge is 2.52. The first-order valence-corrected chi connectivity index (χ1v) is 7.16. The van der Waals surface area contributed by atoms with Gasteiger partial charge in [-0.05, 0) is 22.9 Å². The first-order chi connectivity index (χ1) is 9.48. The van der Waals surface area contributed by atoms with Crippen molar-refractivity contribution in [2.45, 2.75) is 45.6 Å². The van der Waals surface area contributed by atoms with E-state index in [2.05, 4.69) is 0 Å². The Balaban J connectivity index is 3.11. The second kappa shape index (κ2) is 6.17. The summed E-state index contributed by atoms with van der Waals surface area (Å²) in [5, 5.41) is 20.1. The van der Waals surface area contributed by atoms with Gasteiger partial charge < -0.3 is 10.0 Å². The number of nitrogens with zero attached hydrogens (tertiary/aromatic N) is 2. The van der Waals surface area contributed by atoms with Crippen LogP contribution in [0.15, 0.2) is 0 Å². The molecule has 0 aromatic rings. The largest absolute Gasteiger partial charge is 0.465 e. The van der Waals surface area contributed by atoms with E-state index in [0.717, 1.165) is 4.90 Å². The molecular weight excluding hydrogens is 300 g/mol. The first kappa shape index (κ1) is 17.7. The molecule has 1 aliphatic heterocycles. The zero-order valence-electron chi connectivity index (χ0n) is 12.5. The summed E-state index contributed by atoms with van der Waals surface area (Å²) in [6.07, 6.45) is -1.10. The van der Waals surface area contributed by atoms with E-state index < -0.39 is 21.8 Å². The normalized spacial score (nSPS) is 26.5. The van der Waals surface area contributed by atoms with Gasteiger partial charge in [-0.25, -0.2) is 4.79 Å². The van der Waals surface area contributed by atoms with Crippen molar-refractivity contribution < 1.29 is 19.6 Å². The molecule has 0 aromatic carbocycles. The van der Waals surface area contributed by atoms with Crippen LogP contribution in [0.4, 0.5) is 4.79 Å². The molecule has 1 amide bonds. The summed E-state index contributed by atoms with van der Waals surface area (Å²) in [5.74, 6) is -0.154. The van der Waals surface area contributed by atoms with Crippen molar-refractivity contribution in [2.75, 3.05) is 13.1 Å². The van der Waals surface area contributed by atoms with Crippen molar-refractivity contribution in [1.82, 2.24) is 4.90 Å². The number of piperidine rings is 1. The van der Waals surface area contributed by atoms with Crippen molar-refractivity contribution in [1.29, 1.82) is 0 Å². The molecule has 2 atom stereocenters. The van der Waals surface area contributed by atoms with E-state index in [1.165, 1.54) is 0 Å². The minimum atomic E-state index is -1.45. The monoisotopic (exact) mass is 320 g/mol. The second-order valence-electron chi connectivity index (χ2n) is 6.77. The second-order valence-corrected chi connectivity index (χ2v) is 7.19. The summed E-state index contributed by atoms with van der Waals surface area (Å²) < 4.78 is 0. The summed E-state index contributed by atoms with van der Waals surface area (Å²) in [6, 6.07) is 0. The smallest absolute Gasteiger partial charge is 0.407 e. The summed E-state index contributed by atoms with van der Waals surface area (Å²) in [4.78, 5) is 34.4. The highest BCUT2D eigenvalue weighted by atomic mass is 35.5. The molecule has 0 radical (unpaired) electrons. The first-order valence-electron chi connectivity index (χ1n) is 6.79. The molecule has 0 aliphatic carbocycles. The number of carboxylic acid groups (broad SMARTS) is 1. The number of nitro groups is 1. The number of halogens is 1. The third-order valence-electron chi connectivity index (χ3n) is 4.22. The fourth-order valence-corrected chi connectivity index (χ4v) is 2.83. The predicted octanol–water partition coefficient (Wildman–Crippen LogP) is 2.59. The highest BCUT2D eigenvalue weighted by Crippen LogP contribution is 2.40. The van der Waals surface area contributed by atoms with Crippen LogP contribution in [0.1, 0.15) is 40.0 Å². The average Bonchev–Trinajstić information content (AvgIpc) is 2.34. The molecule has 0 bridgehead atoms. The van der Waals surface area contributed by atoms with Crippen LogP contribution in [0.25, 0.3) is 0 Å². The molecule has 2 unspecified atom stereocenters. The van der Waals surface area contributed by atoms with Crippen molar-refractivity contribution in [3.8, 4) is 0 Å². The topological polar surface area (TPSA) is 101 Å². The molecule has 1 N–H and O–H groups in total. The number of carbonyl (C=O) groups is 2. The Labute approximate surface area is 128 Å². The molecule has 0 saturated carbocycles. The summed E-state index contributed by atoms with van der Waals surface area (Å²) >= 11 is 5.30. The van der Waals surface area contributed by atoms with Crippen LogP contribution in [0.3, 0.4) is 0 Å². The molecule has 120 valence electrons. The number of amides is 1. The van der Waals surface area contributed by atoms with Crippen LogP contribution in [0.2, 0.25) is 0 Å². The predicted molar refractivity (Wildman–Crippen MR) is 77.0 cm³/mol. The van der Waals surface area contributed by atoms with Crippen molar-refractivity contribution in [3.63, 3.8) is 0 Å². The quantitative estimate of drug-likeness (QED) is 0.487. The third-order valence-corrected chi connectivity index (χ3v) is 4.41. The number of hydrogen-bond acceptors (Lipinski definition) is 4. The lowest BCUT2D eigenvalue weighted by Gasteiger charge is -2.44. The molecular formula is C13H21ClN2O5. The minimum absolute atomic E-state index is 0.0430. The maximum Gasteiger partial charge on any atom is 0.407 e. The third kappa shape index (κ3) is 4.30. The van der Waals surface area contributed by atoms with Crippen LogP contribution in [0, 0.1) is 21.4 Å². The maximum absolute atomic E-state index is 11.6. The lowest BCUT2D eigenvalue weighted by molar-refractivity contribution is -0.577. The fourth-order valence-electron chi connectivity index (χ4n) is 2.74.